The van der Waals surface area contributed by atoms with Crippen molar-refractivity contribution in [3.8, 4) is 17.2 Å². The summed E-state index contributed by atoms with van der Waals surface area (Å²) in [6.45, 7) is 2.00. The van der Waals surface area contributed by atoms with Gasteiger partial charge >= 0.3 is 0 Å². The van der Waals surface area contributed by atoms with Crippen LogP contribution in [-0.2, 0) is 0 Å². The van der Waals surface area contributed by atoms with Gasteiger partial charge in [0.25, 0.3) is 5.56 Å². The van der Waals surface area contributed by atoms with Crippen molar-refractivity contribution in [2.45, 2.75) is 12.1 Å². The van der Waals surface area contributed by atoms with Gasteiger partial charge in [0.15, 0.2) is 5.16 Å². The van der Waals surface area contributed by atoms with Crippen LogP contribution in [0.25, 0.3) is 21.3 Å². The van der Waals surface area contributed by atoms with Crippen LogP contribution in [-0.4, -0.2) is 15.7 Å². The summed E-state index contributed by atoms with van der Waals surface area (Å²) in [6, 6.07) is 11.9. The van der Waals surface area contributed by atoms with Crippen LogP contribution in [0.15, 0.2) is 40.3 Å². The molecule has 0 unspecified atom stereocenters. The van der Waals surface area contributed by atoms with E-state index in [1.165, 1.54) is 23.1 Å². The lowest BCUT2D eigenvalue weighted by Gasteiger charge is -2.01. The van der Waals surface area contributed by atoms with E-state index in [4.69, 9.17) is 5.26 Å². The molecule has 0 amide bonds. The Balaban J connectivity index is 2.22. The molecule has 0 saturated heterocycles. The fourth-order valence-electron chi connectivity index (χ4n) is 2.22. The Morgan fingerprint density at radius 3 is 2.86 bits per heavy atom. The van der Waals surface area contributed by atoms with Gasteiger partial charge < -0.3 is 4.98 Å². The van der Waals surface area contributed by atoms with Crippen LogP contribution in [0, 0.1) is 18.3 Å². The van der Waals surface area contributed by atoms with Crippen LogP contribution in [0.4, 0.5) is 0 Å². The van der Waals surface area contributed by atoms with Crippen molar-refractivity contribution in [1.82, 2.24) is 9.97 Å². The van der Waals surface area contributed by atoms with E-state index in [0.29, 0.717) is 10.5 Å². The van der Waals surface area contributed by atoms with Gasteiger partial charge in [0, 0.05) is 10.4 Å². The van der Waals surface area contributed by atoms with Crippen molar-refractivity contribution < 1.29 is 0 Å². The van der Waals surface area contributed by atoms with E-state index in [9.17, 15) is 4.79 Å². The fourth-order valence-corrected chi connectivity index (χ4v) is 3.85. The molecule has 2 aromatic heterocycles. The number of aromatic amines is 1. The van der Waals surface area contributed by atoms with Gasteiger partial charge in [0.05, 0.1) is 17.2 Å². The lowest BCUT2D eigenvalue weighted by Crippen LogP contribution is -2.08. The minimum Gasteiger partial charge on any atom is -0.301 e. The van der Waals surface area contributed by atoms with Crippen LogP contribution in [0.1, 0.15) is 4.88 Å². The fraction of sp³-hybridized carbons (Fsp3) is 0.133. The third-order valence-electron chi connectivity index (χ3n) is 3.05. The summed E-state index contributed by atoms with van der Waals surface area (Å²) < 4.78 is 0. The number of benzene rings is 1. The largest absolute Gasteiger partial charge is 0.301 e. The second-order valence-electron chi connectivity index (χ2n) is 4.40. The number of nitrogens with zero attached hydrogens (tertiary/aromatic N) is 2. The highest BCUT2D eigenvalue weighted by molar-refractivity contribution is 7.99. The van der Waals surface area contributed by atoms with Crippen molar-refractivity contribution in [3.63, 3.8) is 0 Å². The number of hydrogen-bond donors (Lipinski definition) is 1. The number of hydrogen-bond acceptors (Lipinski definition) is 5. The zero-order valence-corrected chi connectivity index (χ0v) is 12.8. The minimum atomic E-state index is -0.149. The Morgan fingerprint density at radius 2 is 2.14 bits per heavy atom. The molecule has 0 radical (unpaired) electrons. The van der Waals surface area contributed by atoms with Gasteiger partial charge in [-0.2, -0.15) is 5.26 Å². The molecule has 0 fully saturated rings. The quantitative estimate of drug-likeness (QED) is 0.593. The van der Waals surface area contributed by atoms with Crippen molar-refractivity contribution >= 4 is 33.3 Å². The minimum absolute atomic E-state index is 0.149. The van der Waals surface area contributed by atoms with Gasteiger partial charge in [-0.15, -0.1) is 11.3 Å². The van der Waals surface area contributed by atoms with Crippen LogP contribution in [0.5, 0.6) is 0 Å². The molecule has 1 aromatic carbocycles. The molecule has 0 bridgehead atoms. The average molecular weight is 313 g/mol. The number of fused-ring (bicyclic) bond motifs is 1. The van der Waals surface area contributed by atoms with Gasteiger partial charge in [-0.25, -0.2) is 4.98 Å². The molecule has 0 saturated carbocycles. The smallest absolute Gasteiger partial charge is 0.260 e. The van der Waals surface area contributed by atoms with Crippen LogP contribution >= 0.6 is 23.1 Å². The first-order chi connectivity index (χ1) is 10.2. The Bertz CT molecular complexity index is 891. The van der Waals surface area contributed by atoms with E-state index in [2.05, 4.69) is 9.97 Å². The summed E-state index contributed by atoms with van der Waals surface area (Å²) in [5.74, 6) is 0.268. The molecule has 3 rings (SSSR count). The Labute approximate surface area is 129 Å². The normalized spacial score (nSPS) is 10.7. The van der Waals surface area contributed by atoms with Gasteiger partial charge in [0.2, 0.25) is 0 Å². The molecule has 0 aliphatic rings. The van der Waals surface area contributed by atoms with E-state index in [1.54, 1.807) is 0 Å². The first kappa shape index (κ1) is 13.9. The molecule has 1 N–H and O–H groups in total. The summed E-state index contributed by atoms with van der Waals surface area (Å²) in [5.41, 5.74) is 1.82. The number of aryl methyl sites for hydroxylation is 1. The van der Waals surface area contributed by atoms with Gasteiger partial charge in [-0.05, 0) is 12.5 Å². The van der Waals surface area contributed by atoms with Crippen molar-refractivity contribution in [3.05, 3.63) is 45.6 Å². The van der Waals surface area contributed by atoms with Crippen molar-refractivity contribution in [1.29, 1.82) is 5.26 Å². The molecule has 104 valence electrons. The molecule has 0 aliphatic carbocycles. The second-order valence-corrected chi connectivity index (χ2v) is 6.56. The molecular weight excluding hydrogens is 302 g/mol. The number of thiophene rings is 1. The monoisotopic (exact) mass is 313 g/mol. The van der Waals surface area contributed by atoms with E-state index in [0.717, 1.165) is 20.8 Å². The first-order valence-corrected chi connectivity index (χ1v) is 8.09. The number of rotatable bonds is 3. The predicted molar refractivity (Wildman–Crippen MR) is 86.8 cm³/mol. The SMILES string of the molecule is Cc1sc2nc(SCC#N)[nH]c(=O)c2c1-c1ccccc1. The molecule has 2 heterocycles. The Morgan fingerprint density at radius 1 is 1.38 bits per heavy atom. The highest BCUT2D eigenvalue weighted by Gasteiger charge is 2.16. The molecule has 21 heavy (non-hydrogen) atoms. The number of H-pyrrole nitrogens is 1. The number of nitriles is 1. The van der Waals surface area contributed by atoms with E-state index < -0.39 is 0 Å². The topological polar surface area (TPSA) is 69.5 Å². The maximum absolute atomic E-state index is 12.4. The van der Waals surface area contributed by atoms with Crippen LogP contribution in [0.3, 0.4) is 0 Å². The third-order valence-corrected chi connectivity index (χ3v) is 4.79. The lowest BCUT2D eigenvalue weighted by atomic mass is 10.0. The standard InChI is InChI=1S/C15H11N3OS2/c1-9-11(10-5-3-2-4-6-10)12-13(19)17-15(20-8-7-16)18-14(12)21-9/h2-6H,8H2,1H3,(H,17,18,19). The molecule has 3 aromatic rings. The van der Waals surface area contributed by atoms with E-state index >= 15 is 0 Å². The van der Waals surface area contributed by atoms with Gasteiger partial charge in [0.1, 0.15) is 4.83 Å². The Kier molecular flexibility index (Phi) is 3.78. The highest BCUT2D eigenvalue weighted by atomic mass is 32.2. The molecule has 4 nitrogen and oxygen atoms in total. The van der Waals surface area contributed by atoms with Gasteiger partial charge in [-0.1, -0.05) is 42.1 Å². The highest BCUT2D eigenvalue weighted by Crippen LogP contribution is 2.35. The summed E-state index contributed by atoms with van der Waals surface area (Å²) in [7, 11) is 0. The third kappa shape index (κ3) is 2.58. The zero-order valence-electron chi connectivity index (χ0n) is 11.2. The second kappa shape index (κ2) is 5.72. The predicted octanol–water partition coefficient (Wildman–Crippen LogP) is 3.58. The van der Waals surface area contributed by atoms with Crippen molar-refractivity contribution in [2.24, 2.45) is 0 Å². The molecule has 0 spiro atoms. The maximum Gasteiger partial charge on any atom is 0.260 e. The molecule has 6 heteroatoms. The Hall–Kier alpha value is -2.10. The van der Waals surface area contributed by atoms with E-state index in [-0.39, 0.29) is 11.3 Å². The summed E-state index contributed by atoms with van der Waals surface area (Å²) in [4.78, 5) is 21.4. The van der Waals surface area contributed by atoms with E-state index in [1.807, 2.05) is 43.3 Å². The van der Waals surface area contributed by atoms with Crippen LogP contribution in [0.2, 0.25) is 0 Å². The summed E-state index contributed by atoms with van der Waals surface area (Å²) in [6.07, 6.45) is 0. The lowest BCUT2D eigenvalue weighted by molar-refractivity contribution is 0.982. The summed E-state index contributed by atoms with van der Waals surface area (Å²) in [5, 5.41) is 9.74. The molecular formula is C15H11N3OS2. The molecule has 0 aliphatic heterocycles. The molecule has 0 atom stereocenters. The van der Waals surface area contributed by atoms with Crippen LogP contribution < -0.4 is 5.56 Å². The maximum atomic E-state index is 12.4. The van der Waals surface area contributed by atoms with Crippen molar-refractivity contribution in [2.75, 3.05) is 5.75 Å². The van der Waals surface area contributed by atoms with Gasteiger partial charge in [-0.3, -0.25) is 4.79 Å². The first-order valence-electron chi connectivity index (χ1n) is 6.29. The average Bonchev–Trinajstić information content (AvgIpc) is 2.82. The summed E-state index contributed by atoms with van der Waals surface area (Å²) >= 11 is 2.75. The zero-order chi connectivity index (χ0) is 14.8. The number of aromatic nitrogens is 2. The number of nitrogens with one attached hydrogen (secondary N) is 1. The number of thioether (sulfide) groups is 1.